The highest BCUT2D eigenvalue weighted by atomic mass is 16.2. The first kappa shape index (κ1) is 20.0. The molecule has 8 heteroatoms. The van der Waals surface area contributed by atoms with E-state index in [-0.39, 0.29) is 30.7 Å². The van der Waals surface area contributed by atoms with E-state index in [1.165, 1.54) is 0 Å². The van der Waals surface area contributed by atoms with Crippen molar-refractivity contribution in [1.82, 2.24) is 14.8 Å². The number of benzene rings is 1. The van der Waals surface area contributed by atoms with Gasteiger partial charge < -0.3 is 15.1 Å². The molecule has 0 unspecified atom stereocenters. The molecule has 3 heterocycles. The smallest absolute Gasteiger partial charge is 0.261 e. The number of aryl methyl sites for hydroxylation is 1. The molecule has 1 aromatic carbocycles. The summed E-state index contributed by atoms with van der Waals surface area (Å²) in [5, 5.41) is 2.79. The number of likely N-dealkylation sites (N-methyl/N-ethyl adjacent to an activating group) is 1. The third kappa shape index (κ3) is 4.04. The molecular weight excluding hydrogens is 382 g/mol. The zero-order valence-corrected chi connectivity index (χ0v) is 17.2. The van der Waals surface area contributed by atoms with Gasteiger partial charge in [0.15, 0.2) is 0 Å². The monoisotopic (exact) mass is 407 g/mol. The van der Waals surface area contributed by atoms with Crippen LogP contribution in [0.3, 0.4) is 0 Å². The number of anilines is 2. The Morgan fingerprint density at radius 3 is 2.47 bits per heavy atom. The number of hydrogen-bond donors (Lipinski definition) is 1. The number of nitrogens with one attached hydrogen (secondary N) is 1. The van der Waals surface area contributed by atoms with E-state index in [4.69, 9.17) is 0 Å². The van der Waals surface area contributed by atoms with E-state index < -0.39 is 0 Å². The van der Waals surface area contributed by atoms with E-state index in [0.29, 0.717) is 16.8 Å². The molecule has 3 amide bonds. The highest BCUT2D eigenvalue weighted by Crippen LogP contribution is 2.24. The van der Waals surface area contributed by atoms with Gasteiger partial charge in [-0.3, -0.25) is 19.3 Å². The Kier molecular flexibility index (Phi) is 5.50. The fraction of sp³-hybridized carbons (Fsp3) is 0.364. The van der Waals surface area contributed by atoms with Crippen molar-refractivity contribution >= 4 is 29.2 Å². The molecule has 0 spiro atoms. The number of fused-ring (bicyclic) bond motifs is 1. The van der Waals surface area contributed by atoms with E-state index in [2.05, 4.69) is 27.1 Å². The van der Waals surface area contributed by atoms with Gasteiger partial charge in [0.25, 0.3) is 11.8 Å². The van der Waals surface area contributed by atoms with Gasteiger partial charge in [0, 0.05) is 39.1 Å². The summed E-state index contributed by atoms with van der Waals surface area (Å²) in [6.45, 7) is 5.76. The minimum Gasteiger partial charge on any atom is -0.354 e. The summed E-state index contributed by atoms with van der Waals surface area (Å²) < 4.78 is 0. The molecule has 0 bridgehead atoms. The number of pyridine rings is 1. The zero-order valence-electron chi connectivity index (χ0n) is 17.2. The van der Waals surface area contributed by atoms with E-state index in [1.54, 1.807) is 24.4 Å². The van der Waals surface area contributed by atoms with Crippen LogP contribution in [0.4, 0.5) is 11.5 Å². The van der Waals surface area contributed by atoms with Crippen molar-refractivity contribution in [3.8, 4) is 0 Å². The number of hydrogen-bond acceptors (Lipinski definition) is 6. The van der Waals surface area contributed by atoms with Crippen LogP contribution in [0.1, 0.15) is 32.7 Å². The van der Waals surface area contributed by atoms with Crippen molar-refractivity contribution in [2.45, 2.75) is 13.3 Å². The summed E-state index contributed by atoms with van der Waals surface area (Å²) in [6.07, 6.45) is 1.67. The van der Waals surface area contributed by atoms with Gasteiger partial charge in [-0.2, -0.15) is 0 Å². The zero-order chi connectivity index (χ0) is 21.3. The quantitative estimate of drug-likeness (QED) is 0.761. The Labute approximate surface area is 175 Å². The second kappa shape index (κ2) is 8.23. The van der Waals surface area contributed by atoms with Gasteiger partial charge in [0.1, 0.15) is 5.82 Å². The summed E-state index contributed by atoms with van der Waals surface area (Å²) in [5.74, 6) is -0.0648. The van der Waals surface area contributed by atoms with Crippen LogP contribution in [0.5, 0.6) is 0 Å². The minimum absolute atomic E-state index is 0.0324. The maximum Gasteiger partial charge on any atom is 0.261 e. The number of amides is 3. The molecule has 0 atom stereocenters. The topological polar surface area (TPSA) is 85.8 Å². The molecule has 30 heavy (non-hydrogen) atoms. The van der Waals surface area contributed by atoms with Gasteiger partial charge in [0.2, 0.25) is 5.91 Å². The highest BCUT2D eigenvalue weighted by Gasteiger charge is 2.35. The Hall–Kier alpha value is -3.26. The van der Waals surface area contributed by atoms with E-state index in [1.807, 2.05) is 19.1 Å². The molecule has 156 valence electrons. The number of aromatic nitrogens is 1. The first-order chi connectivity index (χ1) is 14.4. The number of nitrogens with zero attached hydrogens (tertiary/aromatic N) is 4. The minimum atomic E-state index is -0.346. The lowest BCUT2D eigenvalue weighted by Crippen LogP contribution is -2.44. The second-order valence-electron chi connectivity index (χ2n) is 7.80. The number of piperazine rings is 1. The van der Waals surface area contributed by atoms with Crippen molar-refractivity contribution in [2.24, 2.45) is 0 Å². The summed E-state index contributed by atoms with van der Waals surface area (Å²) in [6, 6.07) is 8.90. The SMILES string of the molecule is Cc1ccc2c(c1)C(=O)N(CCC(=O)Nc1ccc(N3CCN(C)CC3)nc1)C2=O. The molecule has 1 aromatic heterocycles. The largest absolute Gasteiger partial charge is 0.354 e. The first-order valence-electron chi connectivity index (χ1n) is 10.1. The Morgan fingerprint density at radius 2 is 1.77 bits per heavy atom. The molecule has 0 radical (unpaired) electrons. The van der Waals surface area contributed by atoms with Crippen molar-refractivity contribution in [1.29, 1.82) is 0 Å². The van der Waals surface area contributed by atoms with Crippen LogP contribution < -0.4 is 10.2 Å². The van der Waals surface area contributed by atoms with Crippen molar-refractivity contribution in [3.05, 3.63) is 53.2 Å². The number of carbonyl (C=O) groups excluding carboxylic acids is 3. The van der Waals surface area contributed by atoms with Gasteiger partial charge >= 0.3 is 0 Å². The van der Waals surface area contributed by atoms with Crippen LogP contribution in [0.2, 0.25) is 0 Å². The Balaban J connectivity index is 1.31. The molecule has 1 saturated heterocycles. The molecular formula is C22H25N5O3. The molecule has 1 fully saturated rings. The summed E-state index contributed by atoms with van der Waals surface area (Å²) >= 11 is 0. The Morgan fingerprint density at radius 1 is 1.03 bits per heavy atom. The predicted octanol–water partition coefficient (Wildman–Crippen LogP) is 1.77. The van der Waals surface area contributed by atoms with E-state index >= 15 is 0 Å². The standard InChI is InChI=1S/C22H25N5O3/c1-15-3-5-17-18(13-15)22(30)27(21(17)29)8-7-20(28)24-16-4-6-19(23-14-16)26-11-9-25(2)10-12-26/h3-6,13-14H,7-12H2,1-2H3,(H,24,28). The third-order valence-electron chi connectivity index (χ3n) is 5.55. The van der Waals surface area contributed by atoms with Crippen LogP contribution >= 0.6 is 0 Å². The van der Waals surface area contributed by atoms with E-state index in [9.17, 15) is 14.4 Å². The predicted molar refractivity (Wildman–Crippen MR) is 114 cm³/mol. The van der Waals surface area contributed by atoms with Gasteiger partial charge in [-0.15, -0.1) is 0 Å². The number of carbonyl (C=O) groups is 3. The average molecular weight is 407 g/mol. The lowest BCUT2D eigenvalue weighted by Gasteiger charge is -2.33. The molecule has 2 aliphatic heterocycles. The van der Waals surface area contributed by atoms with Crippen LogP contribution in [0.25, 0.3) is 0 Å². The van der Waals surface area contributed by atoms with Gasteiger partial charge in [-0.25, -0.2) is 4.98 Å². The third-order valence-corrected chi connectivity index (χ3v) is 5.55. The van der Waals surface area contributed by atoms with E-state index in [0.717, 1.165) is 42.5 Å². The lowest BCUT2D eigenvalue weighted by molar-refractivity contribution is -0.116. The fourth-order valence-electron chi connectivity index (χ4n) is 3.73. The van der Waals surface area contributed by atoms with Crippen LogP contribution in [0, 0.1) is 6.92 Å². The van der Waals surface area contributed by atoms with Gasteiger partial charge in [0.05, 0.1) is 23.0 Å². The molecule has 0 saturated carbocycles. The summed E-state index contributed by atoms with van der Waals surface area (Å²) in [5.41, 5.74) is 2.32. The average Bonchev–Trinajstić information content (AvgIpc) is 2.97. The van der Waals surface area contributed by atoms with Crippen LogP contribution in [-0.4, -0.2) is 72.3 Å². The van der Waals surface area contributed by atoms with Crippen LogP contribution in [0.15, 0.2) is 36.5 Å². The normalized spacial score (nSPS) is 16.7. The number of rotatable bonds is 5. The maximum absolute atomic E-state index is 12.5. The van der Waals surface area contributed by atoms with Crippen LogP contribution in [-0.2, 0) is 4.79 Å². The second-order valence-corrected chi connectivity index (χ2v) is 7.80. The summed E-state index contributed by atoms with van der Waals surface area (Å²) in [7, 11) is 2.10. The molecule has 8 nitrogen and oxygen atoms in total. The van der Waals surface area contributed by atoms with Crippen molar-refractivity contribution in [3.63, 3.8) is 0 Å². The summed E-state index contributed by atoms with van der Waals surface area (Å²) in [4.78, 5) is 47.4. The molecule has 4 rings (SSSR count). The highest BCUT2D eigenvalue weighted by molar-refractivity contribution is 6.21. The molecule has 1 N–H and O–H groups in total. The fourth-order valence-corrected chi connectivity index (χ4v) is 3.73. The van der Waals surface area contributed by atoms with Crippen molar-refractivity contribution < 1.29 is 14.4 Å². The molecule has 2 aromatic rings. The lowest BCUT2D eigenvalue weighted by atomic mass is 10.1. The number of imide groups is 1. The molecule has 0 aliphatic carbocycles. The van der Waals surface area contributed by atoms with Gasteiger partial charge in [-0.1, -0.05) is 11.6 Å². The first-order valence-corrected chi connectivity index (χ1v) is 10.1. The Bertz CT molecular complexity index is 981. The van der Waals surface area contributed by atoms with Crippen molar-refractivity contribution in [2.75, 3.05) is 50.0 Å². The van der Waals surface area contributed by atoms with Gasteiger partial charge in [-0.05, 0) is 38.2 Å². The molecule has 2 aliphatic rings. The maximum atomic E-state index is 12.5.